The summed E-state index contributed by atoms with van der Waals surface area (Å²) in [5, 5.41) is 6.36. The van der Waals surface area contributed by atoms with Crippen molar-refractivity contribution in [3.05, 3.63) is 72.5 Å². The maximum absolute atomic E-state index is 13.0. The summed E-state index contributed by atoms with van der Waals surface area (Å²) in [5.74, 6) is 0.212. The number of hydrogen-bond donors (Lipinski definition) is 0. The van der Waals surface area contributed by atoms with Crippen molar-refractivity contribution in [1.82, 2.24) is 24.6 Å². The quantitative estimate of drug-likeness (QED) is 0.520. The summed E-state index contributed by atoms with van der Waals surface area (Å²) < 4.78 is 6.87. The lowest BCUT2D eigenvalue weighted by Gasteiger charge is -2.19. The Kier molecular flexibility index (Phi) is 6.46. The highest BCUT2D eigenvalue weighted by atomic mass is 32.1. The van der Waals surface area contributed by atoms with Crippen LogP contribution in [0, 0.1) is 0 Å². The molecule has 0 N–H and O–H groups in total. The zero-order valence-electron chi connectivity index (χ0n) is 15.6. The number of thiophene rings is 1. The van der Waals surface area contributed by atoms with Crippen molar-refractivity contribution in [1.29, 1.82) is 0 Å². The van der Waals surface area contributed by atoms with Crippen LogP contribution >= 0.6 is 11.3 Å². The number of hydrogen-bond acceptors (Lipinski definition) is 6. The summed E-state index contributed by atoms with van der Waals surface area (Å²) in [5.41, 5.74) is 1.83. The second-order valence-corrected chi connectivity index (χ2v) is 6.80. The lowest BCUT2D eigenvalue weighted by molar-refractivity contribution is 0.0785. The van der Waals surface area contributed by atoms with Crippen LogP contribution in [0.25, 0.3) is 16.5 Å². The Morgan fingerprint density at radius 3 is 2.75 bits per heavy atom. The largest absolute Gasteiger partial charge is 0.378 e. The van der Waals surface area contributed by atoms with Crippen LogP contribution < -0.4 is 0 Å². The summed E-state index contributed by atoms with van der Waals surface area (Å²) in [6.07, 6.45) is 6.56. The van der Waals surface area contributed by atoms with Gasteiger partial charge in [0.15, 0.2) is 0 Å². The van der Waals surface area contributed by atoms with Crippen molar-refractivity contribution in [3.8, 4) is 16.5 Å². The Balaban J connectivity index is 2.01. The molecule has 0 aliphatic carbocycles. The number of carbonyl (C=O) groups excluding carboxylic acids is 1. The van der Waals surface area contributed by atoms with Gasteiger partial charge in [-0.15, -0.1) is 24.5 Å². The number of ether oxygens (including phenoxy) is 1. The minimum atomic E-state index is -0.174. The molecule has 8 heteroatoms. The van der Waals surface area contributed by atoms with Gasteiger partial charge in [-0.3, -0.25) is 4.79 Å². The fraction of sp³-hybridized carbons (Fsp3) is 0.200. The Labute approximate surface area is 167 Å². The van der Waals surface area contributed by atoms with E-state index in [1.54, 1.807) is 46.4 Å². The maximum Gasteiger partial charge on any atom is 0.258 e. The molecule has 0 aliphatic rings. The molecule has 144 valence electrons. The smallest absolute Gasteiger partial charge is 0.258 e. The molecule has 0 radical (unpaired) electrons. The summed E-state index contributed by atoms with van der Waals surface area (Å²) in [4.78, 5) is 24.6. The first kappa shape index (κ1) is 19.7. The van der Waals surface area contributed by atoms with E-state index in [1.807, 2.05) is 23.6 Å². The van der Waals surface area contributed by atoms with E-state index in [1.165, 1.54) is 6.20 Å². The van der Waals surface area contributed by atoms with Gasteiger partial charge < -0.3 is 9.64 Å². The SMILES string of the molecule is C=CCN(CC=C)C(=O)c1cnn(-c2nccc(-c3cccs3)n2)c1COC. The Morgan fingerprint density at radius 1 is 1.32 bits per heavy atom. The summed E-state index contributed by atoms with van der Waals surface area (Å²) >= 11 is 1.60. The summed E-state index contributed by atoms with van der Waals surface area (Å²) in [6, 6.07) is 5.81. The minimum absolute atomic E-state index is 0.174. The van der Waals surface area contributed by atoms with Gasteiger partial charge in [0.1, 0.15) is 0 Å². The first-order valence-electron chi connectivity index (χ1n) is 8.63. The monoisotopic (exact) mass is 395 g/mol. The van der Waals surface area contributed by atoms with Crippen molar-refractivity contribution in [2.45, 2.75) is 6.61 Å². The number of rotatable bonds is 9. The van der Waals surface area contributed by atoms with E-state index in [4.69, 9.17) is 4.74 Å². The van der Waals surface area contributed by atoms with Crippen LogP contribution in [0.15, 0.2) is 61.3 Å². The first-order valence-corrected chi connectivity index (χ1v) is 9.51. The molecule has 3 rings (SSSR count). The summed E-state index contributed by atoms with van der Waals surface area (Å²) in [7, 11) is 1.57. The van der Waals surface area contributed by atoms with Crippen molar-refractivity contribution in [3.63, 3.8) is 0 Å². The Bertz CT molecular complexity index is 955. The topological polar surface area (TPSA) is 73.1 Å². The molecule has 0 atom stereocenters. The van der Waals surface area contributed by atoms with E-state index >= 15 is 0 Å². The molecule has 0 spiro atoms. The predicted octanol–water partition coefficient (Wildman–Crippen LogP) is 3.35. The van der Waals surface area contributed by atoms with Crippen molar-refractivity contribution < 1.29 is 9.53 Å². The highest BCUT2D eigenvalue weighted by molar-refractivity contribution is 7.13. The number of carbonyl (C=O) groups is 1. The van der Waals surface area contributed by atoms with E-state index in [-0.39, 0.29) is 12.5 Å². The molecule has 0 bridgehead atoms. The molecule has 3 aromatic heterocycles. The zero-order chi connectivity index (χ0) is 19.9. The minimum Gasteiger partial charge on any atom is -0.378 e. The van der Waals surface area contributed by atoms with Crippen molar-refractivity contribution in [2.75, 3.05) is 20.2 Å². The first-order chi connectivity index (χ1) is 13.7. The molecule has 0 unspecified atom stereocenters. The number of methoxy groups -OCH3 is 1. The molecule has 0 aliphatic heterocycles. The van der Waals surface area contributed by atoms with Gasteiger partial charge in [0, 0.05) is 26.4 Å². The molecule has 0 fully saturated rings. The highest BCUT2D eigenvalue weighted by Crippen LogP contribution is 2.23. The second-order valence-electron chi connectivity index (χ2n) is 5.86. The molecule has 0 saturated carbocycles. The average Bonchev–Trinajstić information content (AvgIpc) is 3.38. The molecule has 3 aromatic rings. The predicted molar refractivity (Wildman–Crippen MR) is 109 cm³/mol. The van der Waals surface area contributed by atoms with Crippen molar-refractivity contribution in [2.24, 2.45) is 0 Å². The number of amides is 1. The van der Waals surface area contributed by atoms with Gasteiger partial charge in [-0.25, -0.2) is 9.97 Å². The normalized spacial score (nSPS) is 10.6. The molecule has 3 heterocycles. The average molecular weight is 395 g/mol. The van der Waals surface area contributed by atoms with Crippen LogP contribution in [-0.2, 0) is 11.3 Å². The third-order valence-corrected chi connectivity index (χ3v) is 4.86. The molecule has 28 heavy (non-hydrogen) atoms. The molecule has 0 aromatic carbocycles. The highest BCUT2D eigenvalue weighted by Gasteiger charge is 2.23. The van der Waals surface area contributed by atoms with Gasteiger partial charge in [0.05, 0.1) is 34.6 Å². The number of aromatic nitrogens is 4. The Hall–Kier alpha value is -3.10. The summed E-state index contributed by atoms with van der Waals surface area (Å²) in [6.45, 7) is 8.44. The maximum atomic E-state index is 13.0. The van der Waals surface area contributed by atoms with Gasteiger partial charge in [-0.1, -0.05) is 18.2 Å². The van der Waals surface area contributed by atoms with Crippen LogP contribution in [-0.4, -0.2) is 50.8 Å². The van der Waals surface area contributed by atoms with Gasteiger partial charge >= 0.3 is 0 Å². The number of nitrogens with zero attached hydrogens (tertiary/aromatic N) is 5. The fourth-order valence-electron chi connectivity index (χ4n) is 2.73. The van der Waals surface area contributed by atoms with Crippen LogP contribution in [0.3, 0.4) is 0 Å². The van der Waals surface area contributed by atoms with Gasteiger partial charge in [-0.2, -0.15) is 9.78 Å². The van der Waals surface area contributed by atoms with Crippen LogP contribution in [0.2, 0.25) is 0 Å². The third kappa shape index (κ3) is 4.08. The Morgan fingerprint density at radius 2 is 2.11 bits per heavy atom. The van der Waals surface area contributed by atoms with E-state index in [0.29, 0.717) is 30.3 Å². The van der Waals surface area contributed by atoms with Crippen molar-refractivity contribution >= 4 is 17.2 Å². The molecule has 0 saturated heterocycles. The zero-order valence-corrected chi connectivity index (χ0v) is 16.4. The molecule has 7 nitrogen and oxygen atoms in total. The van der Waals surface area contributed by atoms with Crippen LogP contribution in [0.5, 0.6) is 0 Å². The van der Waals surface area contributed by atoms with E-state index in [9.17, 15) is 4.79 Å². The fourth-order valence-corrected chi connectivity index (χ4v) is 3.43. The molecule has 1 amide bonds. The van der Waals surface area contributed by atoms with Gasteiger partial charge in [0.2, 0.25) is 0 Å². The molecular formula is C20H21N5O2S. The second kappa shape index (κ2) is 9.20. The van der Waals surface area contributed by atoms with Crippen LogP contribution in [0.4, 0.5) is 0 Å². The van der Waals surface area contributed by atoms with Crippen LogP contribution in [0.1, 0.15) is 16.1 Å². The van der Waals surface area contributed by atoms with E-state index in [2.05, 4.69) is 28.2 Å². The standard InChI is InChI=1S/C20H21N5O2S/c1-4-10-24(11-5-2)19(26)15-13-22-25(17(15)14-27-3)20-21-9-8-16(23-20)18-7-6-12-28-18/h4-9,12-13H,1-2,10-11,14H2,3H3. The van der Waals surface area contributed by atoms with Gasteiger partial charge in [0.25, 0.3) is 11.9 Å². The lowest BCUT2D eigenvalue weighted by Crippen LogP contribution is -2.32. The molecular weight excluding hydrogens is 374 g/mol. The lowest BCUT2D eigenvalue weighted by atomic mass is 10.2. The van der Waals surface area contributed by atoms with E-state index in [0.717, 1.165) is 10.6 Å². The van der Waals surface area contributed by atoms with Gasteiger partial charge in [-0.05, 0) is 17.5 Å². The van der Waals surface area contributed by atoms with E-state index < -0.39 is 0 Å². The third-order valence-electron chi connectivity index (χ3n) is 3.97.